The molecule has 1 heterocycles. The van der Waals surface area contributed by atoms with E-state index in [1.807, 2.05) is 6.07 Å². The minimum Gasteiger partial charge on any atom is -0.378 e. The summed E-state index contributed by atoms with van der Waals surface area (Å²) in [6.07, 6.45) is 0. The lowest BCUT2D eigenvalue weighted by molar-refractivity contribution is 0.624. The van der Waals surface area contributed by atoms with Crippen molar-refractivity contribution in [1.82, 2.24) is 0 Å². The molecule has 0 saturated heterocycles. The SMILES string of the molecule is Cc1cc(C(C)Nc2ccc(F)c(C#N)c2)c(C)s1. The van der Waals surface area contributed by atoms with Gasteiger partial charge in [0.2, 0.25) is 0 Å². The van der Waals surface area contributed by atoms with E-state index < -0.39 is 5.82 Å². The molecule has 0 amide bonds. The maximum absolute atomic E-state index is 13.2. The molecule has 4 heteroatoms. The van der Waals surface area contributed by atoms with E-state index in [9.17, 15) is 4.39 Å². The van der Waals surface area contributed by atoms with E-state index in [0.717, 1.165) is 5.69 Å². The first-order valence-corrected chi connectivity index (χ1v) is 6.86. The molecule has 0 saturated carbocycles. The van der Waals surface area contributed by atoms with Crippen LogP contribution in [0.5, 0.6) is 0 Å². The molecule has 1 N–H and O–H groups in total. The lowest BCUT2D eigenvalue weighted by Crippen LogP contribution is -2.07. The highest BCUT2D eigenvalue weighted by atomic mass is 32.1. The van der Waals surface area contributed by atoms with Crippen LogP contribution in [0.2, 0.25) is 0 Å². The second-order valence-corrected chi connectivity index (χ2v) is 6.00. The quantitative estimate of drug-likeness (QED) is 0.891. The van der Waals surface area contributed by atoms with Crippen molar-refractivity contribution in [3.8, 4) is 6.07 Å². The fourth-order valence-corrected chi connectivity index (χ4v) is 3.13. The van der Waals surface area contributed by atoms with Crippen molar-refractivity contribution in [2.24, 2.45) is 0 Å². The summed E-state index contributed by atoms with van der Waals surface area (Å²) in [5.74, 6) is -0.483. The van der Waals surface area contributed by atoms with Crippen LogP contribution in [0.3, 0.4) is 0 Å². The second kappa shape index (κ2) is 5.41. The third-order valence-corrected chi connectivity index (χ3v) is 4.00. The third kappa shape index (κ3) is 2.94. The molecule has 0 aliphatic rings. The summed E-state index contributed by atoms with van der Waals surface area (Å²) in [6.45, 7) is 6.24. The summed E-state index contributed by atoms with van der Waals surface area (Å²) in [6, 6.07) is 8.65. The van der Waals surface area contributed by atoms with Gasteiger partial charge in [-0.3, -0.25) is 0 Å². The van der Waals surface area contributed by atoms with Gasteiger partial charge in [-0.15, -0.1) is 11.3 Å². The van der Waals surface area contributed by atoms with Crippen molar-refractivity contribution in [3.63, 3.8) is 0 Å². The summed E-state index contributed by atoms with van der Waals surface area (Å²) in [5.41, 5.74) is 2.06. The number of hydrogen-bond donors (Lipinski definition) is 1. The van der Waals surface area contributed by atoms with Crippen molar-refractivity contribution in [2.45, 2.75) is 26.8 Å². The second-order valence-electron chi connectivity index (χ2n) is 4.54. The number of rotatable bonds is 3. The van der Waals surface area contributed by atoms with Crippen LogP contribution in [0, 0.1) is 31.0 Å². The van der Waals surface area contributed by atoms with Crippen LogP contribution in [0.15, 0.2) is 24.3 Å². The van der Waals surface area contributed by atoms with Gasteiger partial charge in [-0.1, -0.05) is 0 Å². The molecule has 2 nitrogen and oxygen atoms in total. The molecule has 0 radical (unpaired) electrons. The van der Waals surface area contributed by atoms with E-state index in [-0.39, 0.29) is 11.6 Å². The average molecular weight is 274 g/mol. The number of nitrogens with one attached hydrogen (secondary N) is 1. The number of nitriles is 1. The van der Waals surface area contributed by atoms with Gasteiger partial charge in [0, 0.05) is 21.5 Å². The Morgan fingerprint density at radius 1 is 1.32 bits per heavy atom. The molecule has 19 heavy (non-hydrogen) atoms. The maximum Gasteiger partial charge on any atom is 0.141 e. The van der Waals surface area contributed by atoms with Gasteiger partial charge in [0.05, 0.1) is 5.56 Å². The average Bonchev–Trinajstić information content (AvgIpc) is 2.71. The Hall–Kier alpha value is -1.86. The van der Waals surface area contributed by atoms with Crippen molar-refractivity contribution in [1.29, 1.82) is 5.26 Å². The molecule has 0 fully saturated rings. The number of halogens is 1. The molecule has 0 bridgehead atoms. The molecule has 1 atom stereocenters. The van der Waals surface area contributed by atoms with E-state index in [4.69, 9.17) is 5.26 Å². The highest BCUT2D eigenvalue weighted by Gasteiger charge is 2.12. The molecule has 2 aromatic rings. The van der Waals surface area contributed by atoms with Crippen LogP contribution in [-0.2, 0) is 0 Å². The standard InChI is InChI=1S/C15H15FN2S/c1-9-6-14(11(3)19-9)10(2)18-13-4-5-15(16)12(7-13)8-17/h4-7,10,18H,1-3H3. The minimum absolute atomic E-state index is 0.0652. The summed E-state index contributed by atoms with van der Waals surface area (Å²) in [5, 5.41) is 12.1. The highest BCUT2D eigenvalue weighted by Crippen LogP contribution is 2.28. The Labute approximate surface area is 116 Å². The lowest BCUT2D eigenvalue weighted by atomic mass is 10.1. The topological polar surface area (TPSA) is 35.8 Å². The molecular formula is C15H15FN2S. The number of nitrogens with zero attached hydrogens (tertiary/aromatic N) is 1. The zero-order valence-electron chi connectivity index (χ0n) is 11.1. The van der Waals surface area contributed by atoms with Gasteiger partial charge in [0.15, 0.2) is 0 Å². The van der Waals surface area contributed by atoms with E-state index in [1.165, 1.54) is 21.4 Å². The molecular weight excluding hydrogens is 259 g/mol. The molecule has 2 rings (SSSR count). The first-order valence-electron chi connectivity index (χ1n) is 6.04. The Kier molecular flexibility index (Phi) is 3.87. The van der Waals surface area contributed by atoms with Crippen LogP contribution in [0.25, 0.3) is 0 Å². The fourth-order valence-electron chi connectivity index (χ4n) is 2.11. The van der Waals surface area contributed by atoms with Gasteiger partial charge in [-0.2, -0.15) is 5.26 Å². The smallest absolute Gasteiger partial charge is 0.141 e. The minimum atomic E-state index is -0.483. The van der Waals surface area contributed by atoms with Crippen molar-refractivity contribution in [3.05, 3.63) is 51.0 Å². The van der Waals surface area contributed by atoms with E-state index in [2.05, 4.69) is 32.2 Å². The number of hydrogen-bond acceptors (Lipinski definition) is 3. The first-order chi connectivity index (χ1) is 9.01. The van der Waals surface area contributed by atoms with Crippen LogP contribution in [0.4, 0.5) is 10.1 Å². The Morgan fingerprint density at radius 3 is 2.63 bits per heavy atom. The molecule has 98 valence electrons. The number of benzene rings is 1. The number of aryl methyl sites for hydroxylation is 2. The largest absolute Gasteiger partial charge is 0.378 e. The summed E-state index contributed by atoms with van der Waals surface area (Å²) >= 11 is 1.77. The van der Waals surface area contributed by atoms with Gasteiger partial charge in [0.25, 0.3) is 0 Å². The third-order valence-electron chi connectivity index (χ3n) is 3.02. The summed E-state index contributed by atoms with van der Waals surface area (Å²) < 4.78 is 13.2. The number of thiophene rings is 1. The van der Waals surface area contributed by atoms with Crippen molar-refractivity contribution < 1.29 is 4.39 Å². The Bertz CT molecular complexity index is 640. The predicted octanol–water partition coefficient (Wildman–Crippen LogP) is 4.55. The van der Waals surface area contributed by atoms with Gasteiger partial charge in [-0.25, -0.2) is 4.39 Å². The molecule has 0 spiro atoms. The zero-order valence-corrected chi connectivity index (χ0v) is 11.9. The molecule has 1 unspecified atom stereocenters. The van der Waals surface area contributed by atoms with Crippen LogP contribution in [0.1, 0.15) is 33.8 Å². The van der Waals surface area contributed by atoms with Crippen LogP contribution < -0.4 is 5.32 Å². The van der Waals surface area contributed by atoms with Crippen LogP contribution >= 0.6 is 11.3 Å². The Balaban J connectivity index is 2.22. The van der Waals surface area contributed by atoms with Crippen molar-refractivity contribution in [2.75, 3.05) is 5.32 Å². The monoisotopic (exact) mass is 274 g/mol. The normalized spacial score (nSPS) is 11.9. The van der Waals surface area contributed by atoms with Gasteiger partial charge < -0.3 is 5.32 Å². The van der Waals surface area contributed by atoms with Gasteiger partial charge in [0.1, 0.15) is 11.9 Å². The van der Waals surface area contributed by atoms with Crippen molar-refractivity contribution >= 4 is 17.0 Å². The van der Waals surface area contributed by atoms with Crippen LogP contribution in [-0.4, -0.2) is 0 Å². The lowest BCUT2D eigenvalue weighted by Gasteiger charge is -2.15. The van der Waals surface area contributed by atoms with Gasteiger partial charge in [-0.05, 0) is 50.6 Å². The van der Waals surface area contributed by atoms with E-state index in [0.29, 0.717) is 0 Å². The zero-order chi connectivity index (χ0) is 14.0. The van der Waals surface area contributed by atoms with E-state index in [1.54, 1.807) is 23.5 Å². The summed E-state index contributed by atoms with van der Waals surface area (Å²) in [7, 11) is 0. The molecule has 1 aromatic heterocycles. The molecule has 0 aliphatic heterocycles. The maximum atomic E-state index is 13.2. The van der Waals surface area contributed by atoms with E-state index >= 15 is 0 Å². The highest BCUT2D eigenvalue weighted by molar-refractivity contribution is 7.12. The number of anilines is 1. The first kappa shape index (κ1) is 13.6. The fraction of sp³-hybridized carbons (Fsp3) is 0.267. The van der Waals surface area contributed by atoms with Gasteiger partial charge >= 0.3 is 0 Å². The predicted molar refractivity (Wildman–Crippen MR) is 76.9 cm³/mol. The molecule has 0 aliphatic carbocycles. The molecule has 1 aromatic carbocycles. The summed E-state index contributed by atoms with van der Waals surface area (Å²) in [4.78, 5) is 2.55. The Morgan fingerprint density at radius 2 is 2.05 bits per heavy atom.